The highest BCUT2D eigenvalue weighted by Crippen LogP contribution is 2.26. The summed E-state index contributed by atoms with van der Waals surface area (Å²) in [4.78, 5) is 40.4. The molecule has 0 radical (unpaired) electrons. The Morgan fingerprint density at radius 2 is 1.58 bits per heavy atom. The fourth-order valence-electron chi connectivity index (χ4n) is 3.68. The smallest absolute Gasteiger partial charge is 0.325 e. The Kier molecular flexibility index (Phi) is 7.19. The maximum absolute atomic E-state index is 12.9. The molecule has 1 aliphatic rings. The van der Waals surface area contributed by atoms with Gasteiger partial charge in [0.2, 0.25) is 15.9 Å². The average molecular weight is 473 g/mol. The van der Waals surface area contributed by atoms with E-state index in [0.717, 1.165) is 10.5 Å². The summed E-state index contributed by atoms with van der Waals surface area (Å²) in [5, 5.41) is 2.61. The summed E-state index contributed by atoms with van der Waals surface area (Å²) in [5.41, 5.74) is 1.97. The summed E-state index contributed by atoms with van der Waals surface area (Å²) < 4.78 is 26.5. The van der Waals surface area contributed by atoms with E-state index in [1.165, 1.54) is 33.5 Å². The van der Waals surface area contributed by atoms with Crippen molar-refractivity contribution < 1.29 is 22.8 Å². The van der Waals surface area contributed by atoms with Crippen LogP contribution in [0.1, 0.15) is 26.3 Å². The number of hydrogen-bond acceptors (Lipinski definition) is 5. The van der Waals surface area contributed by atoms with E-state index < -0.39 is 40.5 Å². The number of carbonyl (C=O) groups is 3. The van der Waals surface area contributed by atoms with Crippen LogP contribution in [-0.4, -0.2) is 61.1 Å². The first-order valence-electron chi connectivity index (χ1n) is 10.7. The lowest BCUT2D eigenvalue weighted by Gasteiger charge is -2.19. The fraction of sp³-hybridized carbons (Fsp3) is 0.348. The van der Waals surface area contributed by atoms with Gasteiger partial charge in [-0.3, -0.25) is 19.4 Å². The van der Waals surface area contributed by atoms with Crippen LogP contribution in [-0.2, 0) is 19.6 Å². The Hall–Kier alpha value is -3.24. The standard InChI is InChI=1S/C23H28N4O5S/c1-5-25(6-2)33(31,32)20-13-9-18(10-14-20)24-21(28)15-26-22(29)17(4)27(23(26)30)19-11-7-16(3)8-12-19/h7-14,17H,5-6,15H2,1-4H3,(H,24,28)/t17-/m1/s1. The van der Waals surface area contributed by atoms with Gasteiger partial charge in [0.25, 0.3) is 5.91 Å². The van der Waals surface area contributed by atoms with Gasteiger partial charge in [0, 0.05) is 24.5 Å². The SMILES string of the molecule is CCN(CC)S(=O)(=O)c1ccc(NC(=O)CN2C(=O)[C@@H](C)N(c3ccc(C)cc3)C2=O)cc1. The van der Waals surface area contributed by atoms with E-state index in [-0.39, 0.29) is 4.90 Å². The van der Waals surface area contributed by atoms with E-state index in [9.17, 15) is 22.8 Å². The van der Waals surface area contributed by atoms with Gasteiger partial charge in [-0.2, -0.15) is 4.31 Å². The Morgan fingerprint density at radius 3 is 2.12 bits per heavy atom. The third kappa shape index (κ3) is 4.91. The van der Waals surface area contributed by atoms with Crippen molar-refractivity contribution in [2.24, 2.45) is 0 Å². The van der Waals surface area contributed by atoms with Crippen LogP contribution in [0.4, 0.5) is 16.2 Å². The number of aryl methyl sites for hydroxylation is 1. The van der Waals surface area contributed by atoms with Crippen LogP contribution in [0, 0.1) is 6.92 Å². The molecule has 1 N–H and O–H groups in total. The van der Waals surface area contributed by atoms with Gasteiger partial charge < -0.3 is 5.32 Å². The molecule has 33 heavy (non-hydrogen) atoms. The molecule has 1 fully saturated rings. The van der Waals surface area contributed by atoms with Gasteiger partial charge in [-0.05, 0) is 50.2 Å². The molecule has 0 spiro atoms. The molecule has 0 aromatic heterocycles. The molecule has 1 saturated heterocycles. The predicted octanol–water partition coefficient (Wildman–Crippen LogP) is 2.82. The van der Waals surface area contributed by atoms with Gasteiger partial charge in [0.1, 0.15) is 12.6 Å². The second-order valence-corrected chi connectivity index (χ2v) is 9.69. The number of benzene rings is 2. The summed E-state index contributed by atoms with van der Waals surface area (Å²) in [6.45, 7) is 7.33. The molecular weight excluding hydrogens is 444 g/mol. The number of carbonyl (C=O) groups excluding carboxylic acids is 3. The second-order valence-electron chi connectivity index (χ2n) is 7.75. The zero-order valence-electron chi connectivity index (χ0n) is 19.1. The number of nitrogens with one attached hydrogen (secondary N) is 1. The van der Waals surface area contributed by atoms with Crippen molar-refractivity contribution in [3.05, 3.63) is 54.1 Å². The first-order valence-corrected chi connectivity index (χ1v) is 12.2. The zero-order valence-corrected chi connectivity index (χ0v) is 19.9. The number of rotatable bonds is 8. The normalized spacial score (nSPS) is 16.6. The lowest BCUT2D eigenvalue weighted by Crippen LogP contribution is -2.39. The zero-order chi connectivity index (χ0) is 24.3. The molecule has 0 saturated carbocycles. The number of urea groups is 1. The van der Waals surface area contributed by atoms with Crippen LogP contribution >= 0.6 is 0 Å². The van der Waals surface area contributed by atoms with Crippen LogP contribution in [0.15, 0.2) is 53.4 Å². The molecule has 10 heteroatoms. The maximum Gasteiger partial charge on any atom is 0.332 e. The van der Waals surface area contributed by atoms with Gasteiger partial charge >= 0.3 is 6.03 Å². The molecule has 0 unspecified atom stereocenters. The van der Waals surface area contributed by atoms with Crippen LogP contribution in [0.25, 0.3) is 0 Å². The molecule has 9 nitrogen and oxygen atoms in total. The van der Waals surface area contributed by atoms with Gasteiger partial charge in [-0.25, -0.2) is 13.2 Å². The number of amides is 4. The lowest BCUT2D eigenvalue weighted by molar-refractivity contribution is -0.130. The summed E-state index contributed by atoms with van der Waals surface area (Å²) in [6.07, 6.45) is 0. The van der Waals surface area contributed by atoms with E-state index in [1.54, 1.807) is 32.9 Å². The van der Waals surface area contributed by atoms with E-state index in [2.05, 4.69) is 5.32 Å². The molecule has 4 amide bonds. The minimum absolute atomic E-state index is 0.122. The maximum atomic E-state index is 12.9. The average Bonchev–Trinajstić information content (AvgIpc) is 2.98. The highest BCUT2D eigenvalue weighted by molar-refractivity contribution is 7.89. The third-order valence-electron chi connectivity index (χ3n) is 5.54. The minimum Gasteiger partial charge on any atom is -0.325 e. The van der Waals surface area contributed by atoms with Crippen molar-refractivity contribution >= 4 is 39.2 Å². The first-order chi connectivity index (χ1) is 15.6. The summed E-state index contributed by atoms with van der Waals surface area (Å²) in [6, 6.07) is 11.7. The molecule has 1 aliphatic heterocycles. The molecule has 3 rings (SSSR count). The van der Waals surface area contributed by atoms with Crippen molar-refractivity contribution in [3.63, 3.8) is 0 Å². The Bertz CT molecular complexity index is 1140. The van der Waals surface area contributed by atoms with Crippen LogP contribution in [0.5, 0.6) is 0 Å². The van der Waals surface area contributed by atoms with E-state index in [1.807, 2.05) is 19.1 Å². The van der Waals surface area contributed by atoms with E-state index in [0.29, 0.717) is 24.5 Å². The van der Waals surface area contributed by atoms with Crippen molar-refractivity contribution in [1.82, 2.24) is 9.21 Å². The Labute approximate surface area is 194 Å². The van der Waals surface area contributed by atoms with Crippen LogP contribution in [0.2, 0.25) is 0 Å². The minimum atomic E-state index is -3.60. The summed E-state index contributed by atoms with van der Waals surface area (Å²) in [7, 11) is -3.60. The van der Waals surface area contributed by atoms with Crippen molar-refractivity contribution in [1.29, 1.82) is 0 Å². The highest BCUT2D eigenvalue weighted by atomic mass is 32.2. The molecular formula is C23H28N4O5S. The Balaban J connectivity index is 1.69. The summed E-state index contributed by atoms with van der Waals surface area (Å²) in [5.74, 6) is -1.02. The second kappa shape index (κ2) is 9.72. The first kappa shape index (κ1) is 24.4. The number of hydrogen-bond donors (Lipinski definition) is 1. The van der Waals surface area contributed by atoms with Gasteiger partial charge in [-0.1, -0.05) is 31.5 Å². The highest BCUT2D eigenvalue weighted by Gasteiger charge is 2.44. The van der Waals surface area contributed by atoms with Crippen LogP contribution in [0.3, 0.4) is 0 Å². The van der Waals surface area contributed by atoms with E-state index >= 15 is 0 Å². The number of imide groups is 1. The van der Waals surface area contributed by atoms with Crippen molar-refractivity contribution in [2.45, 2.75) is 38.6 Å². The molecule has 1 heterocycles. The molecule has 176 valence electrons. The lowest BCUT2D eigenvalue weighted by atomic mass is 10.2. The number of nitrogens with zero attached hydrogens (tertiary/aromatic N) is 3. The summed E-state index contributed by atoms with van der Waals surface area (Å²) >= 11 is 0. The van der Waals surface area contributed by atoms with E-state index in [4.69, 9.17) is 0 Å². The topological polar surface area (TPSA) is 107 Å². The largest absolute Gasteiger partial charge is 0.332 e. The fourth-order valence-corrected chi connectivity index (χ4v) is 5.14. The monoisotopic (exact) mass is 472 g/mol. The van der Waals surface area contributed by atoms with Gasteiger partial charge in [0.05, 0.1) is 4.90 Å². The molecule has 0 aliphatic carbocycles. The van der Waals surface area contributed by atoms with Gasteiger partial charge in [0.15, 0.2) is 0 Å². The Morgan fingerprint density at radius 1 is 1.00 bits per heavy atom. The van der Waals surface area contributed by atoms with Crippen molar-refractivity contribution in [3.8, 4) is 0 Å². The number of sulfonamides is 1. The van der Waals surface area contributed by atoms with Crippen molar-refractivity contribution in [2.75, 3.05) is 29.9 Å². The molecule has 2 aromatic carbocycles. The third-order valence-corrected chi connectivity index (χ3v) is 7.61. The van der Waals surface area contributed by atoms with Gasteiger partial charge in [-0.15, -0.1) is 0 Å². The predicted molar refractivity (Wildman–Crippen MR) is 125 cm³/mol. The molecule has 2 aromatic rings. The molecule has 1 atom stereocenters. The quantitative estimate of drug-likeness (QED) is 0.595. The van der Waals surface area contributed by atoms with Crippen LogP contribution < -0.4 is 10.2 Å². The molecule has 0 bridgehead atoms. The number of anilines is 2.